The summed E-state index contributed by atoms with van der Waals surface area (Å²) in [5.74, 6) is -0.825. The summed E-state index contributed by atoms with van der Waals surface area (Å²) >= 11 is 0. The number of rotatable bonds is 66. The highest BCUT2D eigenvalue weighted by Crippen LogP contribution is 2.19. The van der Waals surface area contributed by atoms with Gasteiger partial charge >= 0.3 is 17.9 Å². The monoisotopic (exact) mass is 1070 g/mol. The Kier molecular flexibility index (Phi) is 64.5. The zero-order valence-electron chi connectivity index (χ0n) is 52.1. The maximum atomic E-state index is 12.9. The van der Waals surface area contributed by atoms with Gasteiger partial charge in [0.25, 0.3) is 0 Å². The predicted molar refractivity (Wildman–Crippen MR) is 330 cm³/mol. The van der Waals surface area contributed by atoms with Crippen LogP contribution in [0.3, 0.4) is 0 Å². The molecule has 0 N–H and O–H groups in total. The van der Waals surface area contributed by atoms with Gasteiger partial charge in [-0.3, -0.25) is 14.4 Å². The van der Waals surface area contributed by atoms with Gasteiger partial charge in [-0.1, -0.05) is 374 Å². The lowest BCUT2D eigenvalue weighted by Crippen LogP contribution is -2.30. The molecule has 1 atom stereocenters. The van der Waals surface area contributed by atoms with Crippen molar-refractivity contribution in [3.8, 4) is 0 Å². The second kappa shape index (κ2) is 65.9. The number of carbonyl (C=O) groups excluding carboxylic acids is 3. The molecule has 0 rings (SSSR count). The van der Waals surface area contributed by atoms with Gasteiger partial charge < -0.3 is 14.2 Å². The van der Waals surface area contributed by atoms with Crippen molar-refractivity contribution in [1.82, 2.24) is 0 Å². The van der Waals surface area contributed by atoms with E-state index in [0.717, 1.165) is 57.8 Å². The zero-order chi connectivity index (χ0) is 55.0. The summed E-state index contributed by atoms with van der Waals surface area (Å²) < 4.78 is 17.0. The summed E-state index contributed by atoms with van der Waals surface area (Å²) in [6.45, 7) is 6.72. The van der Waals surface area contributed by atoms with E-state index in [4.69, 9.17) is 14.2 Å². The lowest BCUT2D eigenvalue weighted by Gasteiger charge is -2.18. The Bertz CT molecular complexity index is 1140. The number of carbonyl (C=O) groups is 3. The predicted octanol–water partition coefficient (Wildman–Crippen LogP) is 23.8. The van der Waals surface area contributed by atoms with Gasteiger partial charge in [0.1, 0.15) is 13.2 Å². The summed E-state index contributed by atoms with van der Waals surface area (Å²) in [6.07, 6.45) is 77.2. The molecule has 0 aliphatic rings. The lowest BCUT2D eigenvalue weighted by atomic mass is 10.0. The van der Waals surface area contributed by atoms with E-state index in [1.165, 1.54) is 315 Å². The fraction of sp³-hybridized carbons (Fsp3) is 0.957. The number of esters is 3. The minimum absolute atomic E-state index is 0.0606. The molecule has 0 aliphatic heterocycles. The molecular formula is C70H136O6. The molecule has 0 spiro atoms. The van der Waals surface area contributed by atoms with Crippen molar-refractivity contribution >= 4 is 17.9 Å². The van der Waals surface area contributed by atoms with Crippen LogP contribution in [-0.2, 0) is 28.6 Å². The minimum Gasteiger partial charge on any atom is -0.462 e. The third-order valence-electron chi connectivity index (χ3n) is 16.4. The Hall–Kier alpha value is -1.59. The lowest BCUT2D eigenvalue weighted by molar-refractivity contribution is -0.167. The highest BCUT2D eigenvalue weighted by Gasteiger charge is 2.19. The molecule has 0 radical (unpaired) electrons. The van der Waals surface area contributed by atoms with Crippen LogP contribution in [0.5, 0.6) is 0 Å². The first-order valence-corrected chi connectivity index (χ1v) is 35.0. The highest BCUT2D eigenvalue weighted by molar-refractivity contribution is 5.71. The van der Waals surface area contributed by atoms with Gasteiger partial charge in [-0.25, -0.2) is 0 Å². The highest BCUT2D eigenvalue weighted by atomic mass is 16.6. The molecule has 0 heterocycles. The molecule has 0 aromatic rings. The summed E-state index contributed by atoms with van der Waals surface area (Å²) in [6, 6.07) is 0. The second-order valence-electron chi connectivity index (χ2n) is 24.2. The van der Waals surface area contributed by atoms with Crippen molar-refractivity contribution < 1.29 is 28.6 Å². The quantitative estimate of drug-likeness (QED) is 0.0343. The van der Waals surface area contributed by atoms with Crippen LogP contribution in [0, 0.1) is 0 Å². The van der Waals surface area contributed by atoms with E-state index in [9.17, 15) is 14.4 Å². The van der Waals surface area contributed by atoms with Crippen LogP contribution in [0.25, 0.3) is 0 Å². The molecule has 6 heteroatoms. The van der Waals surface area contributed by atoms with Crippen LogP contribution >= 0.6 is 0 Å². The number of ether oxygens (including phenoxy) is 3. The standard InChI is InChI=1S/C70H136O6/c1-4-7-10-13-16-19-22-24-26-28-30-32-33-34-35-36-37-38-39-41-42-44-46-48-51-54-57-60-63-69(72)75-66-67(65-74-68(71)62-59-56-53-50-21-18-15-12-9-6-3)76-70(73)64-61-58-55-52-49-47-45-43-40-31-29-27-25-23-20-17-14-11-8-5-2/h67H,4-66H2,1-3H3. The normalized spacial score (nSPS) is 11.9. The Morgan fingerprint density at radius 1 is 0.211 bits per heavy atom. The van der Waals surface area contributed by atoms with Gasteiger partial charge in [0, 0.05) is 19.3 Å². The third kappa shape index (κ3) is 63.2. The minimum atomic E-state index is -0.762. The Morgan fingerprint density at radius 3 is 0.526 bits per heavy atom. The van der Waals surface area contributed by atoms with Crippen LogP contribution in [0.15, 0.2) is 0 Å². The van der Waals surface area contributed by atoms with Crippen LogP contribution in [0.4, 0.5) is 0 Å². The number of hydrogen-bond donors (Lipinski definition) is 0. The maximum Gasteiger partial charge on any atom is 0.306 e. The molecule has 0 fully saturated rings. The van der Waals surface area contributed by atoms with Crippen molar-refractivity contribution in [3.63, 3.8) is 0 Å². The largest absolute Gasteiger partial charge is 0.462 e. The number of hydrogen-bond acceptors (Lipinski definition) is 6. The number of unbranched alkanes of at least 4 members (excludes halogenated alkanes) is 55. The maximum absolute atomic E-state index is 12.9. The van der Waals surface area contributed by atoms with Gasteiger partial charge in [-0.05, 0) is 19.3 Å². The topological polar surface area (TPSA) is 78.9 Å². The van der Waals surface area contributed by atoms with Crippen molar-refractivity contribution in [2.24, 2.45) is 0 Å². The van der Waals surface area contributed by atoms with E-state index in [1.807, 2.05) is 0 Å². The molecule has 0 aliphatic carbocycles. The van der Waals surface area contributed by atoms with Gasteiger partial charge in [0.2, 0.25) is 0 Å². The van der Waals surface area contributed by atoms with E-state index in [1.54, 1.807) is 0 Å². The molecule has 0 amide bonds. The smallest absolute Gasteiger partial charge is 0.306 e. The molecule has 0 saturated heterocycles. The molecule has 0 aromatic carbocycles. The second-order valence-corrected chi connectivity index (χ2v) is 24.2. The summed E-state index contributed by atoms with van der Waals surface area (Å²) in [5, 5.41) is 0. The van der Waals surface area contributed by atoms with Crippen LogP contribution in [0.2, 0.25) is 0 Å². The van der Waals surface area contributed by atoms with Crippen molar-refractivity contribution in [3.05, 3.63) is 0 Å². The first kappa shape index (κ1) is 74.4. The van der Waals surface area contributed by atoms with Gasteiger partial charge in [0.15, 0.2) is 6.10 Å². The molecule has 6 nitrogen and oxygen atoms in total. The Morgan fingerprint density at radius 2 is 0.355 bits per heavy atom. The Balaban J connectivity index is 4.08. The summed E-state index contributed by atoms with van der Waals surface area (Å²) in [5.41, 5.74) is 0. The van der Waals surface area contributed by atoms with Crippen molar-refractivity contribution in [1.29, 1.82) is 0 Å². The molecule has 76 heavy (non-hydrogen) atoms. The molecule has 0 saturated carbocycles. The Labute approximate surface area is 476 Å². The van der Waals surface area contributed by atoms with E-state index in [-0.39, 0.29) is 31.1 Å². The average molecular weight is 1070 g/mol. The fourth-order valence-corrected chi connectivity index (χ4v) is 11.1. The molecule has 0 bridgehead atoms. The fourth-order valence-electron chi connectivity index (χ4n) is 11.1. The van der Waals surface area contributed by atoms with Crippen molar-refractivity contribution in [2.75, 3.05) is 13.2 Å². The van der Waals surface area contributed by atoms with E-state index in [2.05, 4.69) is 20.8 Å². The van der Waals surface area contributed by atoms with Gasteiger partial charge in [-0.15, -0.1) is 0 Å². The first-order valence-electron chi connectivity index (χ1n) is 35.0. The van der Waals surface area contributed by atoms with Crippen LogP contribution < -0.4 is 0 Å². The molecular weight excluding hydrogens is 937 g/mol. The van der Waals surface area contributed by atoms with E-state index < -0.39 is 6.10 Å². The first-order chi connectivity index (χ1) is 37.5. The van der Waals surface area contributed by atoms with Crippen molar-refractivity contribution in [2.45, 2.75) is 419 Å². The third-order valence-corrected chi connectivity index (χ3v) is 16.4. The average Bonchev–Trinajstić information content (AvgIpc) is 3.42. The molecule has 452 valence electrons. The summed E-state index contributed by atoms with van der Waals surface area (Å²) in [7, 11) is 0. The van der Waals surface area contributed by atoms with E-state index in [0.29, 0.717) is 19.3 Å². The van der Waals surface area contributed by atoms with Gasteiger partial charge in [-0.2, -0.15) is 0 Å². The summed E-state index contributed by atoms with van der Waals surface area (Å²) in [4.78, 5) is 38.3. The van der Waals surface area contributed by atoms with E-state index >= 15 is 0 Å². The zero-order valence-corrected chi connectivity index (χ0v) is 52.1. The van der Waals surface area contributed by atoms with Crippen LogP contribution in [0.1, 0.15) is 412 Å². The molecule has 0 aromatic heterocycles. The SMILES string of the molecule is CCCCCCCCCCCCCCCCCCCCCCCCCCCCCCC(=O)OCC(COC(=O)CCCCCCCCCCCC)OC(=O)CCCCCCCCCCCCCCCCCCCCCC. The molecule has 1 unspecified atom stereocenters. The van der Waals surface area contributed by atoms with Crippen LogP contribution in [-0.4, -0.2) is 37.2 Å². The van der Waals surface area contributed by atoms with Gasteiger partial charge in [0.05, 0.1) is 0 Å².